The quantitative estimate of drug-likeness (QED) is 0.665. The number of alkyl carbamates (subject to hydrolysis) is 1. The van der Waals surface area contributed by atoms with Gasteiger partial charge in [0.05, 0.1) is 5.60 Å². The smallest absolute Gasteiger partial charge is 0.407 e. The molecule has 1 saturated carbocycles. The highest BCUT2D eigenvalue weighted by atomic mass is 16.5. The Morgan fingerprint density at radius 3 is 2.17 bits per heavy atom. The van der Waals surface area contributed by atoms with Gasteiger partial charge in [0.15, 0.2) is 0 Å². The molecule has 0 saturated heterocycles. The van der Waals surface area contributed by atoms with Crippen molar-refractivity contribution in [2.45, 2.75) is 49.7 Å². The van der Waals surface area contributed by atoms with E-state index in [2.05, 4.69) is 17.4 Å². The molecule has 0 bridgehead atoms. The molecule has 0 spiro atoms. The fraction of sp³-hybridized carbons (Fsp3) is 0.391. The van der Waals surface area contributed by atoms with Crippen molar-refractivity contribution in [3.63, 3.8) is 0 Å². The number of hydrogen-bond donors (Lipinski definition) is 3. The molecule has 2 aromatic rings. The number of carbonyl (C=O) groups is 2. The SMILES string of the molecule is O=C(NC(CCC1(O)CCC1)C(=O)O)OCC1c2ccccc2-c2ccccc21. The number of nitrogens with one attached hydrogen (secondary N) is 1. The summed E-state index contributed by atoms with van der Waals surface area (Å²) in [5.74, 6) is -1.20. The first-order valence-corrected chi connectivity index (χ1v) is 10.0. The highest BCUT2D eigenvalue weighted by Gasteiger charge is 2.36. The van der Waals surface area contributed by atoms with E-state index in [0.717, 1.165) is 28.7 Å². The second-order valence-corrected chi connectivity index (χ2v) is 7.98. The van der Waals surface area contributed by atoms with E-state index >= 15 is 0 Å². The van der Waals surface area contributed by atoms with E-state index in [1.807, 2.05) is 36.4 Å². The maximum Gasteiger partial charge on any atom is 0.407 e. The highest BCUT2D eigenvalue weighted by molar-refractivity contribution is 5.81. The van der Waals surface area contributed by atoms with Crippen LogP contribution < -0.4 is 5.32 Å². The summed E-state index contributed by atoms with van der Waals surface area (Å²) in [6.07, 6.45) is 2.10. The summed E-state index contributed by atoms with van der Waals surface area (Å²) in [4.78, 5) is 23.8. The van der Waals surface area contributed by atoms with E-state index in [4.69, 9.17) is 4.74 Å². The first kappa shape index (κ1) is 19.5. The summed E-state index contributed by atoms with van der Waals surface area (Å²) < 4.78 is 5.42. The number of rotatable bonds is 7. The zero-order valence-corrected chi connectivity index (χ0v) is 16.1. The molecular formula is C23H25NO5. The van der Waals surface area contributed by atoms with Crippen LogP contribution in [0.2, 0.25) is 0 Å². The predicted molar refractivity (Wildman–Crippen MR) is 108 cm³/mol. The molecule has 0 aromatic heterocycles. The van der Waals surface area contributed by atoms with Gasteiger partial charge in [0.2, 0.25) is 0 Å². The average molecular weight is 395 g/mol. The van der Waals surface area contributed by atoms with Gasteiger partial charge < -0.3 is 20.3 Å². The van der Waals surface area contributed by atoms with E-state index in [-0.39, 0.29) is 18.9 Å². The summed E-state index contributed by atoms with van der Waals surface area (Å²) >= 11 is 0. The minimum atomic E-state index is -1.12. The van der Waals surface area contributed by atoms with Crippen molar-refractivity contribution in [3.05, 3.63) is 59.7 Å². The third kappa shape index (κ3) is 3.98. The maximum absolute atomic E-state index is 12.3. The van der Waals surface area contributed by atoms with E-state index in [9.17, 15) is 19.8 Å². The van der Waals surface area contributed by atoms with Gasteiger partial charge in [-0.15, -0.1) is 0 Å². The third-order valence-electron chi connectivity index (χ3n) is 6.12. The third-order valence-corrected chi connectivity index (χ3v) is 6.12. The molecule has 1 fully saturated rings. The van der Waals surface area contributed by atoms with Crippen LogP contribution >= 0.6 is 0 Å². The molecule has 0 heterocycles. The lowest BCUT2D eigenvalue weighted by molar-refractivity contribution is -0.140. The zero-order chi connectivity index (χ0) is 20.4. The van der Waals surface area contributed by atoms with Crippen molar-refractivity contribution in [1.29, 1.82) is 0 Å². The van der Waals surface area contributed by atoms with Crippen LogP contribution in [0.4, 0.5) is 4.79 Å². The molecule has 29 heavy (non-hydrogen) atoms. The first-order valence-electron chi connectivity index (χ1n) is 10.0. The van der Waals surface area contributed by atoms with Crippen LogP contribution in [0, 0.1) is 0 Å². The van der Waals surface area contributed by atoms with Gasteiger partial charge in [0.25, 0.3) is 0 Å². The van der Waals surface area contributed by atoms with Crippen molar-refractivity contribution in [2.75, 3.05) is 6.61 Å². The molecule has 6 nitrogen and oxygen atoms in total. The van der Waals surface area contributed by atoms with Gasteiger partial charge in [-0.2, -0.15) is 0 Å². The standard InChI is InChI=1S/C23H25NO5/c25-21(26)20(10-13-23(28)11-5-12-23)24-22(27)29-14-19-17-8-3-1-6-15(17)16-7-2-4-9-18(16)19/h1-4,6-9,19-20,28H,5,10-14H2,(H,24,27)(H,25,26). The number of carboxylic acid groups (broad SMARTS) is 1. The summed E-state index contributed by atoms with van der Waals surface area (Å²) in [5, 5.41) is 22.0. The maximum atomic E-state index is 12.3. The Balaban J connectivity index is 1.38. The Labute approximate surface area is 169 Å². The van der Waals surface area contributed by atoms with Crippen molar-refractivity contribution >= 4 is 12.1 Å². The van der Waals surface area contributed by atoms with Crippen LogP contribution in [0.5, 0.6) is 0 Å². The lowest BCUT2D eigenvalue weighted by Crippen LogP contribution is -2.44. The molecule has 6 heteroatoms. The molecular weight excluding hydrogens is 370 g/mol. The van der Waals surface area contributed by atoms with E-state index in [0.29, 0.717) is 19.3 Å². The molecule has 4 rings (SSSR count). The zero-order valence-electron chi connectivity index (χ0n) is 16.1. The summed E-state index contributed by atoms with van der Waals surface area (Å²) in [6, 6.07) is 15.0. The number of ether oxygens (including phenoxy) is 1. The molecule has 2 aromatic carbocycles. The van der Waals surface area contributed by atoms with Gasteiger partial charge in [-0.05, 0) is 54.4 Å². The van der Waals surface area contributed by atoms with Gasteiger partial charge in [-0.1, -0.05) is 48.5 Å². The van der Waals surface area contributed by atoms with Crippen molar-refractivity contribution in [2.24, 2.45) is 0 Å². The number of benzene rings is 2. The second-order valence-electron chi connectivity index (χ2n) is 7.98. The van der Waals surface area contributed by atoms with Gasteiger partial charge >= 0.3 is 12.1 Å². The largest absolute Gasteiger partial charge is 0.480 e. The van der Waals surface area contributed by atoms with Crippen LogP contribution in [0.3, 0.4) is 0 Å². The van der Waals surface area contributed by atoms with E-state index < -0.39 is 23.7 Å². The summed E-state index contributed by atoms with van der Waals surface area (Å²) in [7, 11) is 0. The Hall–Kier alpha value is -2.86. The predicted octanol–water partition coefficient (Wildman–Crippen LogP) is 3.67. The normalized spacial score (nSPS) is 17.6. The topological polar surface area (TPSA) is 95.9 Å². The lowest BCUT2D eigenvalue weighted by Gasteiger charge is -2.37. The second kappa shape index (κ2) is 7.87. The monoisotopic (exact) mass is 395 g/mol. The number of amides is 1. The Morgan fingerprint density at radius 1 is 1.07 bits per heavy atom. The highest BCUT2D eigenvalue weighted by Crippen LogP contribution is 2.44. The molecule has 3 N–H and O–H groups in total. The molecule has 1 unspecified atom stereocenters. The number of fused-ring (bicyclic) bond motifs is 3. The van der Waals surface area contributed by atoms with Gasteiger partial charge in [-0.25, -0.2) is 9.59 Å². The Morgan fingerprint density at radius 2 is 1.66 bits per heavy atom. The minimum Gasteiger partial charge on any atom is -0.480 e. The molecule has 0 aliphatic heterocycles. The summed E-state index contributed by atoms with van der Waals surface area (Å²) in [6.45, 7) is 0.135. The first-order chi connectivity index (χ1) is 14.0. The van der Waals surface area contributed by atoms with Gasteiger partial charge in [0, 0.05) is 5.92 Å². The van der Waals surface area contributed by atoms with E-state index in [1.54, 1.807) is 0 Å². The molecule has 1 amide bonds. The molecule has 152 valence electrons. The van der Waals surface area contributed by atoms with E-state index in [1.165, 1.54) is 0 Å². The van der Waals surface area contributed by atoms with Crippen LogP contribution in [0.25, 0.3) is 11.1 Å². The Bertz CT molecular complexity index is 875. The summed E-state index contributed by atoms with van der Waals surface area (Å²) in [5.41, 5.74) is 3.69. The number of hydrogen-bond acceptors (Lipinski definition) is 4. The average Bonchev–Trinajstić information content (AvgIpc) is 3.02. The van der Waals surface area contributed by atoms with Crippen LogP contribution in [0.1, 0.15) is 49.1 Å². The number of carboxylic acids is 1. The fourth-order valence-electron chi connectivity index (χ4n) is 4.29. The Kier molecular flexibility index (Phi) is 5.28. The fourth-order valence-corrected chi connectivity index (χ4v) is 4.29. The number of carbonyl (C=O) groups excluding carboxylic acids is 1. The minimum absolute atomic E-state index is 0.0767. The molecule has 0 radical (unpaired) electrons. The number of aliphatic carboxylic acids is 1. The van der Waals surface area contributed by atoms with Crippen molar-refractivity contribution in [1.82, 2.24) is 5.32 Å². The molecule has 2 aliphatic carbocycles. The van der Waals surface area contributed by atoms with Crippen LogP contribution in [-0.2, 0) is 9.53 Å². The van der Waals surface area contributed by atoms with Crippen molar-refractivity contribution < 1.29 is 24.5 Å². The van der Waals surface area contributed by atoms with Crippen molar-refractivity contribution in [3.8, 4) is 11.1 Å². The van der Waals surface area contributed by atoms with Gasteiger partial charge in [-0.3, -0.25) is 0 Å². The van der Waals surface area contributed by atoms with Crippen LogP contribution in [-0.4, -0.2) is 40.5 Å². The lowest BCUT2D eigenvalue weighted by atomic mass is 9.76. The number of aliphatic hydroxyl groups is 1. The molecule has 2 aliphatic rings. The van der Waals surface area contributed by atoms with Gasteiger partial charge in [0.1, 0.15) is 12.6 Å². The molecule has 1 atom stereocenters. The van der Waals surface area contributed by atoms with Crippen LogP contribution in [0.15, 0.2) is 48.5 Å².